The molecule has 0 aliphatic heterocycles. The Morgan fingerprint density at radius 2 is 0.873 bits per heavy atom. The van der Waals surface area contributed by atoms with E-state index >= 15 is 0 Å². The van der Waals surface area contributed by atoms with E-state index in [2.05, 4.69) is 23.7 Å². The standard InChI is InChI=1S/C43H84NO10P/c1-3-5-7-9-11-13-15-17-19-21-23-25-27-29-31-33-35-42(46)54-39(36-44-40(43(47)48)38-53-55(49,50)51)37-52-41(45)34-32-30-28-26-24-22-20-18-16-14-12-10-8-6-4-2/h39-40,44H,3-38H2,1-2H3,(H,47,48)(H2,49,50,51)/p-1/t39?,40-/m0/s1. The molecule has 0 aliphatic rings. The first-order valence-electron chi connectivity index (χ1n) is 22.6. The van der Waals surface area contributed by atoms with Gasteiger partial charge in [-0.3, -0.25) is 24.3 Å². The van der Waals surface area contributed by atoms with Crippen LogP contribution in [0.1, 0.15) is 226 Å². The van der Waals surface area contributed by atoms with Crippen LogP contribution in [0.5, 0.6) is 0 Å². The van der Waals surface area contributed by atoms with E-state index in [1.165, 1.54) is 148 Å². The maximum atomic E-state index is 12.7. The van der Waals surface area contributed by atoms with Gasteiger partial charge in [-0.15, -0.1) is 0 Å². The summed E-state index contributed by atoms with van der Waals surface area (Å²) in [6, 6.07) is -1.51. The predicted molar refractivity (Wildman–Crippen MR) is 220 cm³/mol. The lowest BCUT2D eigenvalue weighted by Crippen LogP contribution is -2.46. The number of nitrogens with one attached hydrogen (secondary N) is 1. The number of phosphoric ester groups is 1. The molecule has 3 atom stereocenters. The Hall–Kier alpha value is -1.52. The van der Waals surface area contributed by atoms with Gasteiger partial charge in [-0.05, 0) is 12.8 Å². The van der Waals surface area contributed by atoms with Crippen LogP contribution in [0.25, 0.3) is 0 Å². The lowest BCUT2D eigenvalue weighted by Gasteiger charge is -2.23. The number of aliphatic carboxylic acids is 1. The molecule has 0 amide bonds. The summed E-state index contributed by atoms with van der Waals surface area (Å²) in [5, 5.41) is 12.0. The molecule has 55 heavy (non-hydrogen) atoms. The zero-order valence-corrected chi connectivity index (χ0v) is 36.1. The highest BCUT2D eigenvalue weighted by Crippen LogP contribution is 2.30. The Kier molecular flexibility index (Phi) is 38.2. The van der Waals surface area contributed by atoms with Crippen LogP contribution in [0, 0.1) is 0 Å². The largest absolute Gasteiger partial charge is 0.756 e. The fraction of sp³-hybridized carbons (Fsp3) is 0.930. The number of esters is 2. The molecule has 0 saturated carbocycles. The van der Waals surface area contributed by atoms with Gasteiger partial charge in [-0.1, -0.05) is 200 Å². The van der Waals surface area contributed by atoms with Crippen LogP contribution < -0.4 is 10.2 Å². The lowest BCUT2D eigenvalue weighted by molar-refractivity contribution is -0.220. The maximum absolute atomic E-state index is 12.7. The van der Waals surface area contributed by atoms with Gasteiger partial charge < -0.3 is 28.9 Å². The average molecular weight is 805 g/mol. The molecule has 0 rings (SSSR count). The van der Waals surface area contributed by atoms with Crippen molar-refractivity contribution in [1.82, 2.24) is 5.32 Å². The third kappa shape index (κ3) is 40.5. The molecular formula is C43H83NO10P-. The normalized spacial score (nSPS) is 13.7. The van der Waals surface area contributed by atoms with Crippen molar-refractivity contribution in [2.24, 2.45) is 0 Å². The van der Waals surface area contributed by atoms with E-state index in [0.717, 1.165) is 38.5 Å². The molecule has 0 bridgehead atoms. The smallest absolute Gasteiger partial charge is 0.323 e. The molecule has 0 saturated heterocycles. The number of unbranched alkanes of at least 4 members (excludes halogenated alkanes) is 29. The van der Waals surface area contributed by atoms with E-state index in [1.54, 1.807) is 0 Å². The fourth-order valence-corrected chi connectivity index (χ4v) is 7.09. The van der Waals surface area contributed by atoms with Crippen molar-refractivity contribution in [1.29, 1.82) is 0 Å². The van der Waals surface area contributed by atoms with E-state index in [9.17, 15) is 28.9 Å². The second-order valence-electron chi connectivity index (χ2n) is 15.6. The van der Waals surface area contributed by atoms with Gasteiger partial charge in [0, 0.05) is 19.4 Å². The molecule has 326 valence electrons. The number of carboxylic acids is 1. The van der Waals surface area contributed by atoms with Crippen molar-refractivity contribution in [3.05, 3.63) is 0 Å². The number of ether oxygens (including phenoxy) is 2. The van der Waals surface area contributed by atoms with Gasteiger partial charge in [0.1, 0.15) is 18.8 Å². The number of hydrogen-bond donors (Lipinski definition) is 3. The number of carboxylic acid groups (broad SMARTS) is 1. The highest BCUT2D eigenvalue weighted by Gasteiger charge is 2.24. The van der Waals surface area contributed by atoms with E-state index in [1.807, 2.05) is 0 Å². The number of carbonyl (C=O) groups excluding carboxylic acids is 2. The summed E-state index contributed by atoms with van der Waals surface area (Å²) in [6.45, 7) is 3.17. The molecule has 0 spiro atoms. The summed E-state index contributed by atoms with van der Waals surface area (Å²) >= 11 is 0. The molecule has 0 aliphatic carbocycles. The van der Waals surface area contributed by atoms with Gasteiger partial charge in [0.05, 0.1) is 6.61 Å². The summed E-state index contributed by atoms with van der Waals surface area (Å²) in [7, 11) is -5.13. The third-order valence-electron chi connectivity index (χ3n) is 10.2. The van der Waals surface area contributed by atoms with Gasteiger partial charge in [-0.2, -0.15) is 0 Å². The number of rotatable bonds is 43. The van der Waals surface area contributed by atoms with E-state index in [0.29, 0.717) is 12.8 Å². The molecular weight excluding hydrogens is 721 g/mol. The first-order valence-corrected chi connectivity index (χ1v) is 24.1. The Balaban J connectivity index is 4.32. The fourth-order valence-electron chi connectivity index (χ4n) is 6.76. The molecule has 12 heteroatoms. The van der Waals surface area contributed by atoms with Crippen LogP contribution in [-0.4, -0.2) is 59.8 Å². The molecule has 0 aromatic rings. The van der Waals surface area contributed by atoms with Gasteiger partial charge in [0.15, 0.2) is 0 Å². The van der Waals surface area contributed by atoms with Crippen molar-refractivity contribution in [2.75, 3.05) is 19.8 Å². The second-order valence-corrected chi connectivity index (χ2v) is 16.8. The van der Waals surface area contributed by atoms with Crippen molar-refractivity contribution in [3.63, 3.8) is 0 Å². The van der Waals surface area contributed by atoms with Crippen LogP contribution in [-0.2, 0) is 32.9 Å². The first kappa shape index (κ1) is 53.5. The van der Waals surface area contributed by atoms with Gasteiger partial charge in [-0.25, -0.2) is 0 Å². The zero-order valence-electron chi connectivity index (χ0n) is 35.2. The number of phosphoric acid groups is 1. The minimum absolute atomic E-state index is 0.192. The second kappa shape index (κ2) is 39.3. The summed E-state index contributed by atoms with van der Waals surface area (Å²) < 4.78 is 26.2. The predicted octanol–water partition coefficient (Wildman–Crippen LogP) is 10.9. The summed E-state index contributed by atoms with van der Waals surface area (Å²) in [5.41, 5.74) is 0. The van der Waals surface area contributed by atoms with Crippen molar-refractivity contribution >= 4 is 25.7 Å². The topological polar surface area (TPSA) is 172 Å². The number of carbonyl (C=O) groups is 3. The van der Waals surface area contributed by atoms with Crippen molar-refractivity contribution in [2.45, 2.75) is 238 Å². The van der Waals surface area contributed by atoms with Gasteiger partial charge >= 0.3 is 17.9 Å². The molecule has 0 aromatic heterocycles. The maximum Gasteiger partial charge on any atom is 0.323 e. The minimum Gasteiger partial charge on any atom is -0.756 e. The highest BCUT2D eigenvalue weighted by atomic mass is 31.2. The highest BCUT2D eigenvalue weighted by molar-refractivity contribution is 7.44. The molecule has 2 unspecified atom stereocenters. The molecule has 0 radical (unpaired) electrons. The average Bonchev–Trinajstić information content (AvgIpc) is 3.14. The molecule has 0 aromatic carbocycles. The summed E-state index contributed by atoms with van der Waals surface area (Å²) in [5.74, 6) is -2.31. The van der Waals surface area contributed by atoms with Crippen molar-refractivity contribution in [3.8, 4) is 0 Å². The minimum atomic E-state index is -5.13. The Labute approximate surface area is 335 Å². The van der Waals surface area contributed by atoms with E-state index < -0.39 is 44.5 Å². The first-order chi connectivity index (χ1) is 26.6. The third-order valence-corrected chi connectivity index (χ3v) is 10.7. The molecule has 11 nitrogen and oxygen atoms in total. The monoisotopic (exact) mass is 805 g/mol. The Bertz CT molecular complexity index is 946. The Morgan fingerprint density at radius 3 is 1.20 bits per heavy atom. The van der Waals surface area contributed by atoms with Crippen LogP contribution in [0.2, 0.25) is 0 Å². The SMILES string of the molecule is CCCCCCCCCCCCCCCCCCC(=O)OC(CN[C@@H](COP(=O)([O-])O)C(=O)O)COC(=O)CCCCCCCCCCCCCCCCC. The summed E-state index contributed by atoms with van der Waals surface area (Å²) in [4.78, 5) is 56.6. The van der Waals surface area contributed by atoms with Crippen LogP contribution >= 0.6 is 7.82 Å². The van der Waals surface area contributed by atoms with E-state index in [4.69, 9.17) is 14.4 Å². The van der Waals surface area contributed by atoms with Gasteiger partial charge in [0.2, 0.25) is 0 Å². The quantitative estimate of drug-likeness (QED) is 0.0304. The van der Waals surface area contributed by atoms with Gasteiger partial charge in [0.25, 0.3) is 7.82 Å². The van der Waals surface area contributed by atoms with Crippen LogP contribution in [0.15, 0.2) is 0 Å². The van der Waals surface area contributed by atoms with Crippen LogP contribution in [0.3, 0.4) is 0 Å². The number of hydrogen-bond acceptors (Lipinski definition) is 9. The lowest BCUT2D eigenvalue weighted by atomic mass is 10.0. The Morgan fingerprint density at radius 1 is 0.545 bits per heavy atom. The molecule has 0 heterocycles. The van der Waals surface area contributed by atoms with Crippen molar-refractivity contribution < 1.29 is 47.8 Å². The summed E-state index contributed by atoms with van der Waals surface area (Å²) in [6.07, 6.45) is 37.5. The van der Waals surface area contributed by atoms with Crippen LogP contribution in [0.4, 0.5) is 0 Å². The molecule has 0 fully saturated rings. The van der Waals surface area contributed by atoms with E-state index in [-0.39, 0.29) is 26.0 Å². The zero-order chi connectivity index (χ0) is 40.7. The molecule has 3 N–H and O–H groups in total.